The van der Waals surface area contributed by atoms with Crippen molar-refractivity contribution in [1.29, 1.82) is 0 Å². The molecule has 0 unspecified atom stereocenters. The van der Waals surface area contributed by atoms with Gasteiger partial charge in [0.25, 0.3) is 0 Å². The first-order valence-electron chi connectivity index (χ1n) is 12.1. The molecule has 11 heteroatoms. The van der Waals surface area contributed by atoms with Crippen molar-refractivity contribution in [3.63, 3.8) is 0 Å². The second kappa shape index (κ2) is 16.0. The molecule has 1 aliphatic rings. The molecule has 0 spiro atoms. The van der Waals surface area contributed by atoms with E-state index in [1.807, 2.05) is 13.8 Å². The summed E-state index contributed by atoms with van der Waals surface area (Å²) < 4.78 is 11.4. The van der Waals surface area contributed by atoms with Crippen molar-refractivity contribution in [3.8, 4) is 0 Å². The molecule has 1 heterocycles. The van der Waals surface area contributed by atoms with E-state index in [0.717, 1.165) is 6.42 Å². The molecule has 4 atom stereocenters. The van der Waals surface area contributed by atoms with Crippen molar-refractivity contribution in [2.24, 2.45) is 11.7 Å². The van der Waals surface area contributed by atoms with Crippen molar-refractivity contribution in [2.45, 2.75) is 77.2 Å². The Balaban J connectivity index is 2.98. The number of hydrogen-bond donors (Lipinski definition) is 4. The lowest BCUT2D eigenvalue weighted by molar-refractivity contribution is -0.142. The Morgan fingerprint density at radius 1 is 1.09 bits per heavy atom. The number of hydrogen-bond acceptors (Lipinski definition) is 8. The van der Waals surface area contributed by atoms with Crippen LogP contribution in [0.2, 0.25) is 0 Å². The number of aliphatic hydroxyl groups excluding tert-OH is 2. The fraction of sp³-hybridized carbons (Fsp3) is 0.870. The molecule has 0 saturated carbocycles. The van der Waals surface area contributed by atoms with Crippen LogP contribution in [0.15, 0.2) is 0 Å². The summed E-state index contributed by atoms with van der Waals surface area (Å²) in [6.45, 7) is 6.94. The van der Waals surface area contributed by atoms with Crippen LogP contribution in [0, 0.1) is 5.92 Å². The summed E-state index contributed by atoms with van der Waals surface area (Å²) in [6, 6.07) is -0.943. The van der Waals surface area contributed by atoms with Crippen LogP contribution in [0.5, 0.6) is 0 Å². The predicted molar refractivity (Wildman–Crippen MR) is 125 cm³/mol. The molecule has 34 heavy (non-hydrogen) atoms. The lowest BCUT2D eigenvalue weighted by Gasteiger charge is -2.34. The smallest absolute Gasteiger partial charge is 0.303 e. The highest BCUT2D eigenvalue weighted by molar-refractivity contribution is 5.82. The van der Waals surface area contributed by atoms with Crippen molar-refractivity contribution in [1.82, 2.24) is 9.80 Å². The lowest BCUT2D eigenvalue weighted by Crippen LogP contribution is -2.52. The number of nitrogens with zero attached hydrogens (tertiary/aromatic N) is 2. The molecule has 1 aliphatic heterocycles. The van der Waals surface area contributed by atoms with Gasteiger partial charge in [0.1, 0.15) is 18.3 Å². The first kappa shape index (κ1) is 30.2. The van der Waals surface area contributed by atoms with Crippen LogP contribution in [0.1, 0.15) is 52.9 Å². The van der Waals surface area contributed by atoms with E-state index in [4.69, 9.17) is 20.3 Å². The topological polar surface area (TPSA) is 163 Å². The molecule has 1 saturated heterocycles. The molecule has 0 radical (unpaired) electrons. The maximum Gasteiger partial charge on any atom is 0.303 e. The van der Waals surface area contributed by atoms with E-state index >= 15 is 0 Å². The van der Waals surface area contributed by atoms with Gasteiger partial charge in [-0.1, -0.05) is 13.8 Å². The van der Waals surface area contributed by atoms with Gasteiger partial charge < -0.3 is 40.3 Å². The minimum atomic E-state index is -1.25. The molecule has 11 nitrogen and oxygen atoms in total. The van der Waals surface area contributed by atoms with E-state index in [2.05, 4.69) is 0 Å². The second-order valence-electron chi connectivity index (χ2n) is 9.26. The SMILES string of the molecule is CC(=O)N1CCN(C(=O)[C@@H](N)CCC(=O)O)CCCCOC[C@@H](O)[C@@H](O)[C@H](OCCC(C)C)C1. The maximum atomic E-state index is 12.9. The van der Waals surface area contributed by atoms with Crippen LogP contribution < -0.4 is 5.73 Å². The number of nitrogens with two attached hydrogens (primary N) is 1. The number of carbonyl (C=O) groups is 3. The number of amides is 2. The number of rotatable bonds is 8. The summed E-state index contributed by atoms with van der Waals surface area (Å²) in [7, 11) is 0. The first-order chi connectivity index (χ1) is 16.0. The van der Waals surface area contributed by atoms with Crippen molar-refractivity contribution >= 4 is 17.8 Å². The molecule has 1 rings (SSSR count). The molecule has 1 fully saturated rings. The standard InChI is InChI=1S/C23H43N3O8/c1-16(2)8-13-34-20-14-26(17(3)27)11-10-25(23(32)18(24)6-7-21(29)30)9-4-5-12-33-15-19(28)22(20)31/h16,18-20,22,28,31H,4-15,24H2,1-3H3,(H,29,30)/t18-,19+,20+,22+/m0/s1. The zero-order chi connectivity index (χ0) is 25.7. The van der Waals surface area contributed by atoms with E-state index in [1.165, 1.54) is 11.8 Å². The van der Waals surface area contributed by atoms with Crippen molar-refractivity contribution < 1.29 is 39.2 Å². The Labute approximate surface area is 202 Å². The van der Waals surface area contributed by atoms with Crippen LogP contribution in [0.3, 0.4) is 0 Å². The zero-order valence-electron chi connectivity index (χ0n) is 20.7. The summed E-state index contributed by atoms with van der Waals surface area (Å²) in [5.74, 6) is -1.26. The van der Waals surface area contributed by atoms with E-state index in [1.54, 1.807) is 4.90 Å². The Kier molecular flexibility index (Phi) is 14.2. The van der Waals surface area contributed by atoms with E-state index < -0.39 is 30.3 Å². The molecule has 0 aromatic heterocycles. The van der Waals surface area contributed by atoms with E-state index in [0.29, 0.717) is 38.5 Å². The highest BCUT2D eigenvalue weighted by atomic mass is 16.5. The Hall–Kier alpha value is -1.79. The van der Waals surface area contributed by atoms with Gasteiger partial charge in [0.2, 0.25) is 11.8 Å². The normalized spacial score (nSPS) is 24.5. The van der Waals surface area contributed by atoms with Gasteiger partial charge in [-0.15, -0.1) is 0 Å². The van der Waals surface area contributed by atoms with Gasteiger partial charge in [0.15, 0.2) is 0 Å². The summed E-state index contributed by atoms with van der Waals surface area (Å²) in [4.78, 5) is 39.1. The van der Waals surface area contributed by atoms with Crippen molar-refractivity contribution in [3.05, 3.63) is 0 Å². The number of aliphatic carboxylic acids is 1. The number of carbonyl (C=O) groups excluding carboxylic acids is 2. The molecule has 2 amide bonds. The number of aliphatic hydroxyl groups is 2. The monoisotopic (exact) mass is 489 g/mol. The lowest BCUT2D eigenvalue weighted by atomic mass is 10.1. The minimum Gasteiger partial charge on any atom is -0.481 e. The molecule has 5 N–H and O–H groups in total. The van der Waals surface area contributed by atoms with Gasteiger partial charge in [0.05, 0.1) is 12.6 Å². The second-order valence-corrected chi connectivity index (χ2v) is 9.26. The van der Waals surface area contributed by atoms with E-state index in [9.17, 15) is 24.6 Å². The number of ether oxygens (including phenoxy) is 2. The third-order valence-electron chi connectivity index (χ3n) is 5.84. The third-order valence-corrected chi connectivity index (χ3v) is 5.84. The third kappa shape index (κ3) is 11.6. The molecule has 0 bridgehead atoms. The largest absolute Gasteiger partial charge is 0.481 e. The average Bonchev–Trinajstić information content (AvgIpc) is 2.77. The molecule has 0 aliphatic carbocycles. The number of carboxylic acids is 1. The summed E-state index contributed by atoms with van der Waals surface area (Å²) in [5.41, 5.74) is 5.95. The van der Waals surface area contributed by atoms with Gasteiger partial charge >= 0.3 is 5.97 Å². The Morgan fingerprint density at radius 3 is 2.38 bits per heavy atom. The quantitative estimate of drug-likeness (QED) is 0.362. The average molecular weight is 490 g/mol. The fourth-order valence-electron chi connectivity index (χ4n) is 3.58. The maximum absolute atomic E-state index is 12.9. The Bertz CT molecular complexity index is 633. The van der Waals surface area contributed by atoms with Gasteiger partial charge in [-0.05, 0) is 31.6 Å². The summed E-state index contributed by atoms with van der Waals surface area (Å²) >= 11 is 0. The molecular weight excluding hydrogens is 446 g/mol. The van der Waals surface area contributed by atoms with Gasteiger partial charge in [-0.2, -0.15) is 0 Å². The fourth-order valence-corrected chi connectivity index (χ4v) is 3.58. The molecule has 0 aromatic carbocycles. The highest BCUT2D eigenvalue weighted by Gasteiger charge is 2.31. The number of carboxylic acid groups (broad SMARTS) is 1. The minimum absolute atomic E-state index is 0.0278. The molecular formula is C23H43N3O8. The molecule has 0 aromatic rings. The van der Waals surface area contributed by atoms with Crippen LogP contribution in [-0.2, 0) is 23.9 Å². The van der Waals surface area contributed by atoms with Crippen LogP contribution >= 0.6 is 0 Å². The van der Waals surface area contributed by atoms with E-state index in [-0.39, 0.29) is 50.9 Å². The van der Waals surface area contributed by atoms with Gasteiger partial charge in [0, 0.05) is 52.7 Å². The zero-order valence-corrected chi connectivity index (χ0v) is 20.7. The van der Waals surface area contributed by atoms with Crippen LogP contribution in [0.4, 0.5) is 0 Å². The summed E-state index contributed by atoms with van der Waals surface area (Å²) in [6.07, 6.45) is -1.44. The summed E-state index contributed by atoms with van der Waals surface area (Å²) in [5, 5.41) is 30.0. The first-order valence-corrected chi connectivity index (χ1v) is 12.1. The highest BCUT2D eigenvalue weighted by Crippen LogP contribution is 2.13. The van der Waals surface area contributed by atoms with Gasteiger partial charge in [-0.3, -0.25) is 14.4 Å². The van der Waals surface area contributed by atoms with Crippen LogP contribution in [-0.4, -0.2) is 113 Å². The van der Waals surface area contributed by atoms with Crippen LogP contribution in [0.25, 0.3) is 0 Å². The van der Waals surface area contributed by atoms with Gasteiger partial charge in [-0.25, -0.2) is 0 Å². The van der Waals surface area contributed by atoms with Crippen molar-refractivity contribution in [2.75, 3.05) is 46.0 Å². The molecule has 198 valence electrons. The Morgan fingerprint density at radius 2 is 1.76 bits per heavy atom. The predicted octanol–water partition coefficient (Wildman–Crippen LogP) is -0.181.